The van der Waals surface area contributed by atoms with Crippen LogP contribution in [0.3, 0.4) is 0 Å². The Hall–Kier alpha value is -4.26. The number of carbonyl (C=O) groups is 4. The van der Waals surface area contributed by atoms with Gasteiger partial charge in [0, 0.05) is 23.5 Å². The largest absolute Gasteiger partial charge is 0.480 e. The molecule has 3 aromatic rings. The SMILES string of the molecule is NCCCCC(NC(=O)C(N)Cc1c[nH]c2ccccc12)C(=O)NC(Cc1ccccc1)C(=O)NC(CO)C(=O)O. The van der Waals surface area contributed by atoms with Gasteiger partial charge in [-0.3, -0.25) is 14.4 Å². The smallest absolute Gasteiger partial charge is 0.328 e. The van der Waals surface area contributed by atoms with E-state index in [1.165, 1.54) is 0 Å². The van der Waals surface area contributed by atoms with Gasteiger partial charge in [-0.2, -0.15) is 0 Å². The molecule has 0 saturated carbocycles. The van der Waals surface area contributed by atoms with E-state index < -0.39 is 54.5 Å². The van der Waals surface area contributed by atoms with Crippen LogP contribution in [-0.2, 0) is 32.0 Å². The molecule has 0 spiro atoms. The van der Waals surface area contributed by atoms with Crippen molar-refractivity contribution in [2.75, 3.05) is 13.2 Å². The van der Waals surface area contributed by atoms with E-state index in [-0.39, 0.29) is 19.3 Å². The van der Waals surface area contributed by atoms with E-state index in [0.29, 0.717) is 24.9 Å². The lowest BCUT2D eigenvalue weighted by Gasteiger charge is -2.25. The zero-order chi connectivity index (χ0) is 29.8. The Bertz CT molecular complexity index is 1310. The lowest BCUT2D eigenvalue weighted by Crippen LogP contribution is -2.58. The summed E-state index contributed by atoms with van der Waals surface area (Å²) in [5.41, 5.74) is 14.4. The lowest BCUT2D eigenvalue weighted by molar-refractivity contribution is -0.143. The Balaban J connectivity index is 1.74. The summed E-state index contributed by atoms with van der Waals surface area (Å²) < 4.78 is 0. The van der Waals surface area contributed by atoms with Crippen molar-refractivity contribution in [3.63, 3.8) is 0 Å². The van der Waals surface area contributed by atoms with Crippen molar-refractivity contribution in [2.45, 2.75) is 56.3 Å². The molecule has 1 aromatic heterocycles. The van der Waals surface area contributed by atoms with E-state index in [9.17, 15) is 29.4 Å². The average Bonchev–Trinajstić information content (AvgIpc) is 3.37. The Morgan fingerprint density at radius 2 is 1.44 bits per heavy atom. The second-order valence-electron chi connectivity index (χ2n) is 9.85. The molecule has 0 bridgehead atoms. The first-order valence-corrected chi connectivity index (χ1v) is 13.5. The van der Waals surface area contributed by atoms with Crippen LogP contribution in [0.25, 0.3) is 10.9 Å². The Labute approximate surface area is 237 Å². The van der Waals surface area contributed by atoms with Crippen LogP contribution in [0, 0.1) is 0 Å². The molecular formula is C29H38N6O6. The topological polar surface area (TPSA) is 213 Å². The van der Waals surface area contributed by atoms with Crippen molar-refractivity contribution >= 4 is 34.6 Å². The lowest BCUT2D eigenvalue weighted by atomic mass is 10.0. The van der Waals surface area contributed by atoms with Gasteiger partial charge in [0.1, 0.15) is 18.1 Å². The Morgan fingerprint density at radius 3 is 2.12 bits per heavy atom. The highest BCUT2D eigenvalue weighted by molar-refractivity contribution is 5.94. The average molecular weight is 567 g/mol. The summed E-state index contributed by atoms with van der Waals surface area (Å²) in [5, 5.41) is 27.2. The standard InChI is InChI=1S/C29H38N6O6/c30-13-7-6-12-23(33-26(37)21(31)15-19-16-32-22-11-5-4-10-20(19)22)27(38)34-24(14-18-8-2-1-3-9-18)28(39)35-25(17-36)29(40)41/h1-5,8-11,16,21,23-25,32,36H,6-7,12-15,17,30-31H2,(H,33,37)(H,34,38)(H,35,39)(H,40,41). The molecule has 10 N–H and O–H groups in total. The van der Waals surface area contributed by atoms with E-state index in [0.717, 1.165) is 16.5 Å². The number of unbranched alkanes of at least 4 members (excludes halogenated alkanes) is 1. The number of amides is 3. The van der Waals surface area contributed by atoms with Gasteiger partial charge in [0.2, 0.25) is 17.7 Å². The highest BCUT2D eigenvalue weighted by atomic mass is 16.4. The number of nitrogens with two attached hydrogens (primary N) is 2. The number of rotatable bonds is 16. The molecule has 0 radical (unpaired) electrons. The number of carboxylic acids is 1. The summed E-state index contributed by atoms with van der Waals surface area (Å²) in [4.78, 5) is 54.1. The maximum atomic E-state index is 13.4. The van der Waals surface area contributed by atoms with E-state index in [4.69, 9.17) is 11.5 Å². The van der Waals surface area contributed by atoms with Gasteiger partial charge in [-0.05, 0) is 49.4 Å². The third-order valence-electron chi connectivity index (χ3n) is 6.74. The summed E-state index contributed by atoms with van der Waals surface area (Å²) in [5.74, 6) is -3.35. The van der Waals surface area contributed by atoms with Crippen molar-refractivity contribution < 1.29 is 29.4 Å². The number of aliphatic hydroxyl groups excluding tert-OH is 1. The number of fused-ring (bicyclic) bond motifs is 1. The number of H-pyrrole nitrogens is 1. The van der Waals surface area contributed by atoms with Gasteiger partial charge in [0.25, 0.3) is 0 Å². The molecule has 3 rings (SSSR count). The second-order valence-corrected chi connectivity index (χ2v) is 9.85. The number of aliphatic hydroxyl groups is 1. The fourth-order valence-corrected chi connectivity index (χ4v) is 4.46. The van der Waals surface area contributed by atoms with Gasteiger partial charge >= 0.3 is 5.97 Å². The summed E-state index contributed by atoms with van der Waals surface area (Å²) in [7, 11) is 0. The Kier molecular flexibility index (Phi) is 11.8. The molecule has 0 aliphatic carbocycles. The molecule has 0 aliphatic heterocycles. The number of carboxylic acid groups (broad SMARTS) is 1. The van der Waals surface area contributed by atoms with Gasteiger partial charge in [-0.1, -0.05) is 48.5 Å². The normalized spacial score (nSPS) is 14.0. The van der Waals surface area contributed by atoms with Crippen molar-refractivity contribution in [1.29, 1.82) is 0 Å². The summed E-state index contributed by atoms with van der Waals surface area (Å²) in [6.07, 6.45) is 3.50. The molecule has 12 nitrogen and oxygen atoms in total. The van der Waals surface area contributed by atoms with Crippen LogP contribution in [0.2, 0.25) is 0 Å². The van der Waals surface area contributed by atoms with Gasteiger partial charge in [-0.15, -0.1) is 0 Å². The zero-order valence-corrected chi connectivity index (χ0v) is 22.7. The molecule has 4 unspecified atom stereocenters. The van der Waals surface area contributed by atoms with Crippen LogP contribution in [0.15, 0.2) is 60.8 Å². The first-order chi connectivity index (χ1) is 19.7. The molecule has 4 atom stereocenters. The van der Waals surface area contributed by atoms with E-state index in [1.807, 2.05) is 24.3 Å². The van der Waals surface area contributed by atoms with Crippen LogP contribution < -0.4 is 27.4 Å². The first kappa shape index (κ1) is 31.3. The number of carbonyl (C=O) groups excluding carboxylic acids is 3. The number of aromatic amines is 1. The third-order valence-corrected chi connectivity index (χ3v) is 6.74. The van der Waals surface area contributed by atoms with E-state index in [1.54, 1.807) is 36.5 Å². The maximum absolute atomic E-state index is 13.4. The molecule has 3 amide bonds. The molecular weight excluding hydrogens is 528 g/mol. The molecule has 0 saturated heterocycles. The fourth-order valence-electron chi connectivity index (χ4n) is 4.46. The number of para-hydroxylation sites is 1. The van der Waals surface area contributed by atoms with Gasteiger partial charge < -0.3 is 42.6 Å². The summed E-state index contributed by atoms with van der Waals surface area (Å²) >= 11 is 0. The van der Waals surface area contributed by atoms with Crippen molar-refractivity contribution in [1.82, 2.24) is 20.9 Å². The Morgan fingerprint density at radius 1 is 0.805 bits per heavy atom. The molecule has 2 aromatic carbocycles. The molecule has 0 aliphatic rings. The minimum absolute atomic E-state index is 0.0553. The molecule has 41 heavy (non-hydrogen) atoms. The molecule has 1 heterocycles. The number of nitrogens with one attached hydrogen (secondary N) is 4. The zero-order valence-electron chi connectivity index (χ0n) is 22.7. The first-order valence-electron chi connectivity index (χ1n) is 13.5. The second kappa shape index (κ2) is 15.5. The minimum atomic E-state index is -1.54. The number of aromatic nitrogens is 1. The number of hydrogen-bond acceptors (Lipinski definition) is 7. The van der Waals surface area contributed by atoms with Crippen molar-refractivity contribution in [3.05, 3.63) is 71.9 Å². The van der Waals surface area contributed by atoms with Crippen molar-refractivity contribution in [2.24, 2.45) is 11.5 Å². The molecule has 12 heteroatoms. The number of aliphatic carboxylic acids is 1. The van der Waals surface area contributed by atoms with Crippen LogP contribution >= 0.6 is 0 Å². The summed E-state index contributed by atoms with van der Waals surface area (Å²) in [6.45, 7) is -0.418. The van der Waals surface area contributed by atoms with Gasteiger partial charge in [-0.25, -0.2) is 4.79 Å². The van der Waals surface area contributed by atoms with E-state index >= 15 is 0 Å². The van der Waals surface area contributed by atoms with Gasteiger partial charge in [0.05, 0.1) is 12.6 Å². The monoisotopic (exact) mass is 566 g/mol. The van der Waals surface area contributed by atoms with E-state index in [2.05, 4.69) is 20.9 Å². The predicted octanol–water partition coefficient (Wildman–Crippen LogP) is -0.0593. The molecule has 220 valence electrons. The van der Waals surface area contributed by atoms with Crippen LogP contribution in [-0.4, -0.2) is 76.2 Å². The number of benzene rings is 2. The van der Waals surface area contributed by atoms with Crippen molar-refractivity contribution in [3.8, 4) is 0 Å². The van der Waals surface area contributed by atoms with Gasteiger partial charge in [0.15, 0.2) is 0 Å². The van der Waals surface area contributed by atoms with Crippen LogP contribution in [0.1, 0.15) is 30.4 Å². The fraction of sp³-hybridized carbons (Fsp3) is 0.379. The third kappa shape index (κ3) is 9.13. The van der Waals surface area contributed by atoms with Crippen LogP contribution in [0.5, 0.6) is 0 Å². The molecule has 0 fully saturated rings. The highest BCUT2D eigenvalue weighted by Crippen LogP contribution is 2.19. The van der Waals surface area contributed by atoms with Crippen LogP contribution in [0.4, 0.5) is 0 Å². The maximum Gasteiger partial charge on any atom is 0.328 e. The summed E-state index contributed by atoms with van der Waals surface area (Å²) in [6, 6.07) is 11.8. The minimum Gasteiger partial charge on any atom is -0.480 e. The predicted molar refractivity (Wildman–Crippen MR) is 154 cm³/mol. The quantitative estimate of drug-likeness (QED) is 0.110. The number of hydrogen-bond donors (Lipinski definition) is 8. The highest BCUT2D eigenvalue weighted by Gasteiger charge is 2.30.